The second kappa shape index (κ2) is 5.39. The predicted molar refractivity (Wildman–Crippen MR) is 56.6 cm³/mol. The lowest BCUT2D eigenvalue weighted by molar-refractivity contribution is -0.138. The van der Waals surface area contributed by atoms with E-state index in [-0.39, 0.29) is 17.7 Å². The Morgan fingerprint density at radius 1 is 1.38 bits per heavy atom. The lowest BCUT2D eigenvalue weighted by Crippen LogP contribution is -2.05. The first-order chi connectivity index (χ1) is 7.56. The van der Waals surface area contributed by atoms with Crippen molar-refractivity contribution in [3.8, 4) is 0 Å². The van der Waals surface area contributed by atoms with E-state index in [1.54, 1.807) is 6.92 Å². The first-order valence-corrected chi connectivity index (χ1v) is 4.85. The summed E-state index contributed by atoms with van der Waals surface area (Å²) in [5.41, 5.74) is -0.0705. The van der Waals surface area contributed by atoms with Gasteiger partial charge >= 0.3 is 5.97 Å². The number of ether oxygens (including phenoxy) is 1. The van der Waals surface area contributed by atoms with E-state index >= 15 is 0 Å². The summed E-state index contributed by atoms with van der Waals surface area (Å²) in [5.74, 6) is -1.99. The number of carbonyl (C=O) groups is 1. The standard InChI is InChI=1S/C12H12F2O2/c1-3-16-12(15)8(2)7-9-10(13)5-4-6-11(9)14/h4-7H,3H2,1-2H3/b8-7+. The van der Waals surface area contributed by atoms with Crippen LogP contribution in [0.2, 0.25) is 0 Å². The summed E-state index contributed by atoms with van der Waals surface area (Å²) in [6, 6.07) is 3.53. The van der Waals surface area contributed by atoms with Crippen LogP contribution in [0, 0.1) is 11.6 Å². The van der Waals surface area contributed by atoms with E-state index in [2.05, 4.69) is 0 Å². The Hall–Kier alpha value is -1.71. The van der Waals surface area contributed by atoms with Crippen LogP contribution in [0.1, 0.15) is 19.4 Å². The van der Waals surface area contributed by atoms with Gasteiger partial charge in [0.25, 0.3) is 0 Å². The van der Waals surface area contributed by atoms with Crippen LogP contribution in [-0.4, -0.2) is 12.6 Å². The van der Waals surface area contributed by atoms with Gasteiger partial charge in [0, 0.05) is 11.1 Å². The van der Waals surface area contributed by atoms with E-state index in [1.807, 2.05) is 0 Å². The monoisotopic (exact) mass is 226 g/mol. The highest BCUT2D eigenvalue weighted by Gasteiger charge is 2.09. The SMILES string of the molecule is CCOC(=O)/C(C)=C/c1c(F)cccc1F. The lowest BCUT2D eigenvalue weighted by atomic mass is 10.1. The Labute approximate surface area is 92.5 Å². The topological polar surface area (TPSA) is 26.3 Å². The highest BCUT2D eigenvalue weighted by Crippen LogP contribution is 2.16. The van der Waals surface area contributed by atoms with Gasteiger partial charge in [0.05, 0.1) is 6.61 Å². The average molecular weight is 226 g/mol. The Morgan fingerprint density at radius 3 is 2.44 bits per heavy atom. The maximum absolute atomic E-state index is 13.2. The van der Waals surface area contributed by atoms with E-state index in [0.717, 1.165) is 18.2 Å². The average Bonchev–Trinajstić information content (AvgIpc) is 2.23. The molecule has 0 N–H and O–H groups in total. The predicted octanol–water partition coefficient (Wildman–Crippen LogP) is 2.93. The molecular formula is C12H12F2O2. The summed E-state index contributed by atoms with van der Waals surface area (Å²) in [6.07, 6.45) is 1.14. The Kier molecular flexibility index (Phi) is 4.17. The molecule has 0 bridgehead atoms. The molecule has 0 amide bonds. The molecule has 0 aromatic heterocycles. The minimum atomic E-state index is -0.705. The van der Waals surface area contributed by atoms with Crippen LogP contribution in [0.3, 0.4) is 0 Å². The molecule has 0 radical (unpaired) electrons. The third-order valence-electron chi connectivity index (χ3n) is 1.96. The minimum absolute atomic E-state index is 0.158. The number of hydrogen-bond donors (Lipinski definition) is 0. The summed E-state index contributed by atoms with van der Waals surface area (Å²) in [4.78, 5) is 11.2. The summed E-state index contributed by atoms with van der Waals surface area (Å²) in [7, 11) is 0. The molecule has 2 nitrogen and oxygen atoms in total. The second-order valence-corrected chi connectivity index (χ2v) is 3.18. The van der Waals surface area contributed by atoms with Crippen LogP contribution < -0.4 is 0 Å². The first kappa shape index (κ1) is 12.4. The fraction of sp³-hybridized carbons (Fsp3) is 0.250. The van der Waals surface area contributed by atoms with Gasteiger partial charge in [-0.2, -0.15) is 0 Å². The van der Waals surface area contributed by atoms with Crippen LogP contribution in [0.5, 0.6) is 0 Å². The fourth-order valence-electron chi connectivity index (χ4n) is 1.17. The molecule has 0 aliphatic rings. The van der Waals surface area contributed by atoms with Crippen molar-refractivity contribution < 1.29 is 18.3 Å². The quantitative estimate of drug-likeness (QED) is 0.585. The van der Waals surface area contributed by atoms with Crippen LogP contribution in [0.15, 0.2) is 23.8 Å². The molecule has 4 heteroatoms. The van der Waals surface area contributed by atoms with Gasteiger partial charge < -0.3 is 4.74 Å². The van der Waals surface area contributed by atoms with Gasteiger partial charge in [0.15, 0.2) is 0 Å². The molecule has 0 unspecified atom stereocenters. The molecule has 16 heavy (non-hydrogen) atoms. The normalized spacial score (nSPS) is 11.4. The van der Waals surface area contributed by atoms with Crippen molar-refractivity contribution in [2.45, 2.75) is 13.8 Å². The molecule has 0 saturated carbocycles. The molecule has 0 aliphatic carbocycles. The van der Waals surface area contributed by atoms with Crippen molar-refractivity contribution in [1.82, 2.24) is 0 Å². The zero-order valence-electron chi connectivity index (χ0n) is 9.09. The van der Waals surface area contributed by atoms with Crippen molar-refractivity contribution in [3.05, 3.63) is 41.0 Å². The maximum Gasteiger partial charge on any atom is 0.333 e. The molecule has 86 valence electrons. The molecule has 0 heterocycles. The van der Waals surface area contributed by atoms with E-state index < -0.39 is 17.6 Å². The molecule has 0 atom stereocenters. The third-order valence-corrected chi connectivity index (χ3v) is 1.96. The fourth-order valence-corrected chi connectivity index (χ4v) is 1.17. The van der Waals surface area contributed by atoms with Crippen molar-refractivity contribution >= 4 is 12.0 Å². The molecule has 1 aromatic carbocycles. The Morgan fingerprint density at radius 2 is 1.94 bits per heavy atom. The van der Waals surface area contributed by atoms with E-state index in [4.69, 9.17) is 4.74 Å². The number of rotatable bonds is 3. The van der Waals surface area contributed by atoms with E-state index in [0.29, 0.717) is 0 Å². The third kappa shape index (κ3) is 2.89. The van der Waals surface area contributed by atoms with Gasteiger partial charge in [-0.1, -0.05) is 6.07 Å². The van der Waals surface area contributed by atoms with Crippen LogP contribution in [-0.2, 0) is 9.53 Å². The second-order valence-electron chi connectivity index (χ2n) is 3.18. The molecular weight excluding hydrogens is 214 g/mol. The smallest absolute Gasteiger partial charge is 0.333 e. The van der Waals surface area contributed by atoms with Gasteiger partial charge in [-0.3, -0.25) is 0 Å². The summed E-state index contributed by atoms with van der Waals surface area (Å²) < 4.78 is 31.2. The van der Waals surface area contributed by atoms with E-state index in [9.17, 15) is 13.6 Å². The maximum atomic E-state index is 13.2. The lowest BCUT2D eigenvalue weighted by Gasteiger charge is -2.03. The molecule has 0 spiro atoms. The van der Waals surface area contributed by atoms with Crippen LogP contribution >= 0.6 is 0 Å². The first-order valence-electron chi connectivity index (χ1n) is 4.85. The molecule has 0 aliphatic heterocycles. The van der Waals surface area contributed by atoms with Crippen molar-refractivity contribution in [2.24, 2.45) is 0 Å². The molecule has 1 aromatic rings. The van der Waals surface area contributed by atoms with Crippen molar-refractivity contribution in [2.75, 3.05) is 6.61 Å². The van der Waals surface area contributed by atoms with Crippen LogP contribution in [0.25, 0.3) is 6.08 Å². The number of halogens is 2. The minimum Gasteiger partial charge on any atom is -0.463 e. The highest BCUT2D eigenvalue weighted by atomic mass is 19.1. The zero-order chi connectivity index (χ0) is 12.1. The molecule has 1 rings (SSSR count). The number of esters is 1. The van der Waals surface area contributed by atoms with E-state index in [1.165, 1.54) is 13.0 Å². The largest absolute Gasteiger partial charge is 0.463 e. The summed E-state index contributed by atoms with van der Waals surface area (Å²) >= 11 is 0. The molecule has 0 saturated heterocycles. The summed E-state index contributed by atoms with van der Waals surface area (Å²) in [6.45, 7) is 3.34. The molecule has 0 fully saturated rings. The number of benzene rings is 1. The number of hydrogen-bond acceptors (Lipinski definition) is 2. The zero-order valence-corrected chi connectivity index (χ0v) is 9.09. The Bertz CT molecular complexity index is 405. The Balaban J connectivity index is 3.02. The van der Waals surface area contributed by atoms with Gasteiger partial charge in [0.1, 0.15) is 11.6 Å². The number of carbonyl (C=O) groups excluding carboxylic acids is 1. The van der Waals surface area contributed by atoms with Crippen molar-refractivity contribution in [3.63, 3.8) is 0 Å². The highest BCUT2D eigenvalue weighted by molar-refractivity contribution is 5.93. The summed E-state index contributed by atoms with van der Waals surface area (Å²) in [5, 5.41) is 0. The van der Waals surface area contributed by atoms with Crippen LogP contribution in [0.4, 0.5) is 8.78 Å². The van der Waals surface area contributed by atoms with Gasteiger partial charge in [-0.25, -0.2) is 13.6 Å². The van der Waals surface area contributed by atoms with Gasteiger partial charge in [-0.05, 0) is 32.1 Å². The van der Waals surface area contributed by atoms with Gasteiger partial charge in [0.2, 0.25) is 0 Å². The van der Waals surface area contributed by atoms with Gasteiger partial charge in [-0.15, -0.1) is 0 Å². The van der Waals surface area contributed by atoms with Crippen molar-refractivity contribution in [1.29, 1.82) is 0 Å².